The lowest BCUT2D eigenvalue weighted by molar-refractivity contribution is 0.0833. The van der Waals surface area contributed by atoms with Gasteiger partial charge in [0.1, 0.15) is 11.4 Å². The molecule has 1 aromatic carbocycles. The highest BCUT2D eigenvalue weighted by Crippen LogP contribution is 2.26. The van der Waals surface area contributed by atoms with E-state index in [9.17, 15) is 9.50 Å². The first-order chi connectivity index (χ1) is 10.4. The summed E-state index contributed by atoms with van der Waals surface area (Å²) < 4.78 is 20.5. The molecule has 0 atom stereocenters. The van der Waals surface area contributed by atoms with Crippen molar-refractivity contribution in [3.05, 3.63) is 28.2 Å². The molecule has 1 saturated heterocycles. The predicted octanol–water partition coefficient (Wildman–Crippen LogP) is 3.78. The second-order valence-electron chi connectivity index (χ2n) is 6.66. The highest BCUT2D eigenvalue weighted by Gasteiger charge is 2.25. The van der Waals surface area contributed by atoms with Crippen LogP contribution in [0.4, 0.5) is 4.39 Å². The summed E-state index contributed by atoms with van der Waals surface area (Å²) in [4.78, 5) is 2.19. The summed E-state index contributed by atoms with van der Waals surface area (Å²) in [5.41, 5.74) is -0.331. The number of ether oxygens (including phenoxy) is 1. The fraction of sp³-hybridized carbons (Fsp3) is 0.647. The maximum absolute atomic E-state index is 13.7. The van der Waals surface area contributed by atoms with E-state index in [1.807, 2.05) is 18.2 Å². The Morgan fingerprint density at radius 1 is 1.36 bits per heavy atom. The van der Waals surface area contributed by atoms with Crippen LogP contribution in [0.15, 0.2) is 22.7 Å². The molecular formula is C17H25BrFNO2. The van der Waals surface area contributed by atoms with Crippen molar-refractivity contribution < 1.29 is 14.2 Å². The number of alkyl halides is 1. The predicted molar refractivity (Wildman–Crippen MR) is 89.9 cm³/mol. The van der Waals surface area contributed by atoms with Gasteiger partial charge in [-0.05, 0) is 63.9 Å². The number of likely N-dealkylation sites (tertiary alicyclic amines) is 1. The Kier molecular flexibility index (Phi) is 6.24. The van der Waals surface area contributed by atoms with Gasteiger partial charge in [0.25, 0.3) is 0 Å². The SMILES string of the molecule is CC(C)(F)CN1CCC(COc2ccc(Br)cc2CO)CC1. The van der Waals surface area contributed by atoms with Gasteiger partial charge in [-0.1, -0.05) is 15.9 Å². The van der Waals surface area contributed by atoms with Crippen molar-refractivity contribution >= 4 is 15.9 Å². The third kappa shape index (κ3) is 5.52. The lowest BCUT2D eigenvalue weighted by atomic mass is 9.97. The maximum atomic E-state index is 13.7. The van der Waals surface area contributed by atoms with Gasteiger partial charge in [0.05, 0.1) is 13.2 Å². The molecule has 0 amide bonds. The van der Waals surface area contributed by atoms with E-state index >= 15 is 0 Å². The maximum Gasteiger partial charge on any atom is 0.124 e. The van der Waals surface area contributed by atoms with E-state index in [0.29, 0.717) is 19.1 Å². The summed E-state index contributed by atoms with van der Waals surface area (Å²) in [6.45, 7) is 6.24. The molecule has 1 N–H and O–H groups in total. The molecule has 0 unspecified atom stereocenters. The Bertz CT molecular complexity index is 482. The molecule has 1 aromatic rings. The van der Waals surface area contributed by atoms with Crippen LogP contribution in [0.3, 0.4) is 0 Å². The molecule has 124 valence electrons. The van der Waals surface area contributed by atoms with Gasteiger partial charge in [-0.25, -0.2) is 4.39 Å². The monoisotopic (exact) mass is 373 g/mol. The lowest BCUT2D eigenvalue weighted by Gasteiger charge is -2.34. The number of hydrogen-bond donors (Lipinski definition) is 1. The summed E-state index contributed by atoms with van der Waals surface area (Å²) >= 11 is 3.39. The molecule has 0 saturated carbocycles. The zero-order valence-corrected chi connectivity index (χ0v) is 14.9. The summed E-state index contributed by atoms with van der Waals surface area (Å²) in [6.07, 6.45) is 2.06. The summed E-state index contributed by atoms with van der Waals surface area (Å²) in [6, 6.07) is 5.68. The van der Waals surface area contributed by atoms with E-state index in [4.69, 9.17) is 4.74 Å². The van der Waals surface area contributed by atoms with Crippen LogP contribution in [-0.4, -0.2) is 41.9 Å². The number of benzene rings is 1. The van der Waals surface area contributed by atoms with Crippen molar-refractivity contribution in [1.82, 2.24) is 4.90 Å². The van der Waals surface area contributed by atoms with E-state index in [-0.39, 0.29) is 6.61 Å². The van der Waals surface area contributed by atoms with Crippen molar-refractivity contribution in [2.45, 2.75) is 39.0 Å². The fourth-order valence-corrected chi connectivity index (χ4v) is 3.27. The standard InChI is InChI=1S/C17H25BrFNO2/c1-17(2,19)12-20-7-5-13(6-8-20)11-22-16-4-3-15(18)9-14(16)10-21/h3-4,9,13,21H,5-8,10-12H2,1-2H3. The molecule has 2 rings (SSSR count). The molecule has 3 nitrogen and oxygen atoms in total. The van der Waals surface area contributed by atoms with E-state index in [1.165, 1.54) is 0 Å². The van der Waals surface area contributed by atoms with Gasteiger partial charge in [-0.2, -0.15) is 0 Å². The first-order valence-electron chi connectivity index (χ1n) is 7.81. The summed E-state index contributed by atoms with van der Waals surface area (Å²) in [7, 11) is 0. The van der Waals surface area contributed by atoms with E-state index in [0.717, 1.165) is 41.7 Å². The van der Waals surface area contributed by atoms with Gasteiger partial charge in [-0.3, -0.25) is 0 Å². The van der Waals surface area contributed by atoms with Crippen LogP contribution in [0.5, 0.6) is 5.75 Å². The third-order valence-electron chi connectivity index (χ3n) is 3.97. The average Bonchev–Trinajstić information content (AvgIpc) is 2.45. The van der Waals surface area contributed by atoms with Crippen molar-refractivity contribution in [1.29, 1.82) is 0 Å². The first-order valence-corrected chi connectivity index (χ1v) is 8.60. The Morgan fingerprint density at radius 3 is 2.64 bits per heavy atom. The van der Waals surface area contributed by atoms with Crippen LogP contribution in [0.1, 0.15) is 32.3 Å². The van der Waals surface area contributed by atoms with Gasteiger partial charge in [0.15, 0.2) is 0 Å². The van der Waals surface area contributed by atoms with Crippen molar-refractivity contribution in [3.63, 3.8) is 0 Å². The third-order valence-corrected chi connectivity index (χ3v) is 4.47. The zero-order chi connectivity index (χ0) is 16.2. The Hall–Kier alpha value is -0.650. The Morgan fingerprint density at radius 2 is 2.05 bits per heavy atom. The largest absolute Gasteiger partial charge is 0.493 e. The van der Waals surface area contributed by atoms with Crippen LogP contribution in [0, 0.1) is 5.92 Å². The van der Waals surface area contributed by atoms with Crippen molar-refractivity contribution in [2.75, 3.05) is 26.2 Å². The number of halogens is 2. The second kappa shape index (κ2) is 7.75. The molecule has 1 heterocycles. The Labute approximate surface area is 140 Å². The lowest BCUT2D eigenvalue weighted by Crippen LogP contribution is -2.41. The van der Waals surface area contributed by atoms with Gasteiger partial charge in [-0.15, -0.1) is 0 Å². The normalized spacial score (nSPS) is 17.7. The molecule has 5 heteroatoms. The number of rotatable bonds is 6. The van der Waals surface area contributed by atoms with Crippen molar-refractivity contribution in [3.8, 4) is 5.75 Å². The van der Waals surface area contributed by atoms with Gasteiger partial charge < -0.3 is 14.7 Å². The van der Waals surface area contributed by atoms with E-state index < -0.39 is 5.67 Å². The topological polar surface area (TPSA) is 32.7 Å². The molecule has 0 aliphatic carbocycles. The minimum atomic E-state index is -1.13. The molecule has 0 radical (unpaired) electrons. The highest BCUT2D eigenvalue weighted by atomic mass is 79.9. The van der Waals surface area contributed by atoms with Crippen LogP contribution < -0.4 is 4.74 Å². The number of nitrogens with zero attached hydrogens (tertiary/aromatic N) is 1. The zero-order valence-electron chi connectivity index (χ0n) is 13.3. The first kappa shape index (κ1) is 17.7. The fourth-order valence-electron chi connectivity index (χ4n) is 2.86. The van der Waals surface area contributed by atoms with Gasteiger partial charge >= 0.3 is 0 Å². The Balaban J connectivity index is 1.80. The minimum absolute atomic E-state index is 0.0290. The molecule has 1 fully saturated rings. The smallest absolute Gasteiger partial charge is 0.124 e. The van der Waals surface area contributed by atoms with Gasteiger partial charge in [0, 0.05) is 16.6 Å². The molecule has 0 spiro atoms. The quantitative estimate of drug-likeness (QED) is 0.823. The number of piperidine rings is 1. The number of hydrogen-bond acceptors (Lipinski definition) is 3. The van der Waals surface area contributed by atoms with Crippen LogP contribution in [0.25, 0.3) is 0 Å². The summed E-state index contributed by atoms with van der Waals surface area (Å²) in [5, 5.41) is 9.38. The highest BCUT2D eigenvalue weighted by molar-refractivity contribution is 9.10. The molecule has 1 aliphatic heterocycles. The average molecular weight is 374 g/mol. The number of aliphatic hydroxyl groups is 1. The minimum Gasteiger partial charge on any atom is -0.493 e. The second-order valence-corrected chi connectivity index (χ2v) is 7.58. The van der Waals surface area contributed by atoms with Crippen LogP contribution >= 0.6 is 15.9 Å². The van der Waals surface area contributed by atoms with Gasteiger partial charge in [0.2, 0.25) is 0 Å². The molecule has 1 aliphatic rings. The molecule has 0 bridgehead atoms. The van der Waals surface area contributed by atoms with Crippen molar-refractivity contribution in [2.24, 2.45) is 5.92 Å². The summed E-state index contributed by atoms with van der Waals surface area (Å²) in [5.74, 6) is 1.24. The molecule has 0 aromatic heterocycles. The van der Waals surface area contributed by atoms with Crippen LogP contribution in [-0.2, 0) is 6.61 Å². The van der Waals surface area contributed by atoms with E-state index in [1.54, 1.807) is 13.8 Å². The van der Waals surface area contributed by atoms with E-state index in [2.05, 4.69) is 20.8 Å². The molecular weight excluding hydrogens is 349 g/mol. The number of aliphatic hydroxyl groups excluding tert-OH is 1. The molecule has 22 heavy (non-hydrogen) atoms. The van der Waals surface area contributed by atoms with Crippen LogP contribution in [0.2, 0.25) is 0 Å².